The Labute approximate surface area is 110 Å². The third-order valence-corrected chi connectivity index (χ3v) is 4.57. The van der Waals surface area contributed by atoms with Crippen molar-refractivity contribution in [2.45, 2.75) is 39.2 Å². The molecular formula is C16H24N2. The van der Waals surface area contributed by atoms with Crippen molar-refractivity contribution in [3.05, 3.63) is 29.3 Å². The van der Waals surface area contributed by atoms with Gasteiger partial charge < -0.3 is 5.32 Å². The number of likely N-dealkylation sites (tertiary alicyclic amines) is 1. The molecule has 98 valence electrons. The van der Waals surface area contributed by atoms with Gasteiger partial charge in [-0.2, -0.15) is 0 Å². The molecule has 1 saturated heterocycles. The van der Waals surface area contributed by atoms with Crippen LogP contribution in [0, 0.1) is 5.92 Å². The first kappa shape index (κ1) is 12.0. The first-order chi connectivity index (χ1) is 8.85. The molecule has 0 amide bonds. The average molecular weight is 244 g/mol. The van der Waals surface area contributed by atoms with Gasteiger partial charge in [0.2, 0.25) is 0 Å². The van der Waals surface area contributed by atoms with Gasteiger partial charge in [0.1, 0.15) is 0 Å². The highest BCUT2D eigenvalue weighted by Gasteiger charge is 2.18. The molecule has 0 aliphatic carbocycles. The predicted octanol–water partition coefficient (Wildman–Crippen LogP) is 3.28. The monoisotopic (exact) mass is 244 g/mol. The maximum Gasteiger partial charge on any atom is 0.0376 e. The fourth-order valence-electron chi connectivity index (χ4n) is 3.25. The molecule has 2 aliphatic rings. The summed E-state index contributed by atoms with van der Waals surface area (Å²) in [7, 11) is 0. The molecule has 2 aliphatic heterocycles. The molecule has 0 atom stereocenters. The first-order valence-corrected chi connectivity index (χ1v) is 7.43. The summed E-state index contributed by atoms with van der Waals surface area (Å²) in [4.78, 5) is 2.61. The second-order valence-electron chi connectivity index (χ2n) is 5.80. The van der Waals surface area contributed by atoms with Crippen molar-refractivity contribution < 1.29 is 0 Å². The van der Waals surface area contributed by atoms with Gasteiger partial charge >= 0.3 is 0 Å². The molecule has 2 heterocycles. The third kappa shape index (κ3) is 2.54. The fourth-order valence-corrected chi connectivity index (χ4v) is 3.25. The van der Waals surface area contributed by atoms with E-state index in [0.717, 1.165) is 19.0 Å². The van der Waals surface area contributed by atoms with Crippen LogP contribution >= 0.6 is 0 Å². The van der Waals surface area contributed by atoms with E-state index in [9.17, 15) is 0 Å². The van der Waals surface area contributed by atoms with Crippen molar-refractivity contribution in [3.8, 4) is 0 Å². The molecule has 3 rings (SSSR count). The fraction of sp³-hybridized carbons (Fsp3) is 0.625. The maximum absolute atomic E-state index is 3.48. The zero-order valence-corrected chi connectivity index (χ0v) is 11.4. The van der Waals surface area contributed by atoms with Gasteiger partial charge in [-0.3, -0.25) is 4.90 Å². The van der Waals surface area contributed by atoms with Crippen LogP contribution in [0.5, 0.6) is 0 Å². The van der Waals surface area contributed by atoms with Crippen molar-refractivity contribution in [1.29, 1.82) is 0 Å². The van der Waals surface area contributed by atoms with E-state index in [0.29, 0.717) is 0 Å². The number of fused-ring (bicyclic) bond motifs is 1. The second-order valence-corrected chi connectivity index (χ2v) is 5.80. The van der Waals surface area contributed by atoms with Crippen molar-refractivity contribution in [3.63, 3.8) is 0 Å². The molecule has 0 saturated carbocycles. The number of anilines is 1. The van der Waals surface area contributed by atoms with Crippen LogP contribution < -0.4 is 5.32 Å². The lowest BCUT2D eigenvalue weighted by atomic mass is 9.94. The Hall–Kier alpha value is -1.02. The van der Waals surface area contributed by atoms with Crippen LogP contribution in [0.25, 0.3) is 0 Å². The highest BCUT2D eigenvalue weighted by molar-refractivity contribution is 5.56. The lowest BCUT2D eigenvalue weighted by molar-refractivity contribution is 0.175. The molecule has 2 heteroatoms. The topological polar surface area (TPSA) is 15.3 Å². The van der Waals surface area contributed by atoms with Crippen molar-refractivity contribution in [2.24, 2.45) is 5.92 Å². The van der Waals surface area contributed by atoms with E-state index < -0.39 is 0 Å². The molecule has 1 aromatic carbocycles. The van der Waals surface area contributed by atoms with Crippen LogP contribution in [0.1, 0.15) is 37.3 Å². The molecule has 0 aromatic heterocycles. The third-order valence-electron chi connectivity index (χ3n) is 4.57. The zero-order valence-electron chi connectivity index (χ0n) is 11.4. The van der Waals surface area contributed by atoms with Gasteiger partial charge in [0.15, 0.2) is 0 Å². The predicted molar refractivity (Wildman–Crippen MR) is 76.9 cm³/mol. The minimum Gasteiger partial charge on any atom is -0.384 e. The summed E-state index contributed by atoms with van der Waals surface area (Å²) in [6.07, 6.45) is 5.33. The van der Waals surface area contributed by atoms with E-state index in [4.69, 9.17) is 0 Å². The largest absolute Gasteiger partial charge is 0.384 e. The minimum absolute atomic E-state index is 0.975. The summed E-state index contributed by atoms with van der Waals surface area (Å²) in [6.45, 7) is 7.13. The smallest absolute Gasteiger partial charge is 0.0376 e. The standard InChI is InChI=1S/C16H24N2/c1-2-13-6-9-18(10-7-13)12-14-3-4-15-5-8-17-16(15)11-14/h3-4,11,13,17H,2,5-10,12H2,1H3. The number of nitrogens with zero attached hydrogens (tertiary/aromatic N) is 1. The van der Waals surface area contributed by atoms with E-state index in [1.165, 1.54) is 55.6 Å². The van der Waals surface area contributed by atoms with Crippen LogP contribution in [-0.2, 0) is 13.0 Å². The Balaban J connectivity index is 1.60. The van der Waals surface area contributed by atoms with Crippen LogP contribution in [0.15, 0.2) is 18.2 Å². The second kappa shape index (κ2) is 5.31. The van der Waals surface area contributed by atoms with Crippen LogP contribution in [0.3, 0.4) is 0 Å². The van der Waals surface area contributed by atoms with Crippen molar-refractivity contribution in [1.82, 2.24) is 4.90 Å². The molecule has 1 fully saturated rings. The molecule has 1 N–H and O–H groups in total. The van der Waals surface area contributed by atoms with Gasteiger partial charge in [-0.1, -0.05) is 25.5 Å². The Morgan fingerprint density at radius 2 is 2.11 bits per heavy atom. The van der Waals surface area contributed by atoms with Crippen molar-refractivity contribution in [2.75, 3.05) is 25.0 Å². The zero-order chi connectivity index (χ0) is 12.4. The summed E-state index contributed by atoms with van der Waals surface area (Å²) in [6, 6.07) is 6.98. The quantitative estimate of drug-likeness (QED) is 0.878. The van der Waals surface area contributed by atoms with Crippen LogP contribution in [0.4, 0.5) is 5.69 Å². The van der Waals surface area contributed by atoms with Gasteiger partial charge in [0.25, 0.3) is 0 Å². The number of rotatable bonds is 3. The van der Waals surface area contributed by atoms with Crippen molar-refractivity contribution >= 4 is 5.69 Å². The maximum atomic E-state index is 3.48. The highest BCUT2D eigenvalue weighted by Crippen LogP contribution is 2.25. The molecule has 0 spiro atoms. The minimum atomic E-state index is 0.975. The molecule has 0 unspecified atom stereocenters. The number of nitrogens with one attached hydrogen (secondary N) is 1. The van der Waals surface area contributed by atoms with Crippen LogP contribution in [-0.4, -0.2) is 24.5 Å². The molecule has 18 heavy (non-hydrogen) atoms. The Morgan fingerprint density at radius 1 is 1.28 bits per heavy atom. The highest BCUT2D eigenvalue weighted by atomic mass is 15.1. The molecule has 0 radical (unpaired) electrons. The van der Waals surface area contributed by atoms with E-state index >= 15 is 0 Å². The van der Waals surface area contributed by atoms with Crippen LogP contribution in [0.2, 0.25) is 0 Å². The average Bonchev–Trinajstić information content (AvgIpc) is 2.87. The summed E-state index contributed by atoms with van der Waals surface area (Å²) in [5, 5.41) is 3.48. The van der Waals surface area contributed by atoms with E-state index in [1.54, 1.807) is 0 Å². The molecule has 2 nitrogen and oxygen atoms in total. The van der Waals surface area contributed by atoms with Gasteiger partial charge in [0.05, 0.1) is 0 Å². The summed E-state index contributed by atoms with van der Waals surface area (Å²) in [5.74, 6) is 0.975. The molecule has 1 aromatic rings. The summed E-state index contributed by atoms with van der Waals surface area (Å²) >= 11 is 0. The number of hydrogen-bond donors (Lipinski definition) is 1. The molecular weight excluding hydrogens is 220 g/mol. The lowest BCUT2D eigenvalue weighted by Gasteiger charge is -2.31. The molecule has 0 bridgehead atoms. The lowest BCUT2D eigenvalue weighted by Crippen LogP contribution is -2.32. The Bertz CT molecular complexity index is 406. The van der Waals surface area contributed by atoms with Gasteiger partial charge in [-0.05, 0) is 55.5 Å². The summed E-state index contributed by atoms with van der Waals surface area (Å²) in [5.41, 5.74) is 4.33. The van der Waals surface area contributed by atoms with E-state index in [2.05, 4.69) is 35.3 Å². The number of piperidine rings is 1. The number of benzene rings is 1. The first-order valence-electron chi connectivity index (χ1n) is 7.43. The van der Waals surface area contributed by atoms with Gasteiger partial charge in [0, 0.05) is 18.8 Å². The number of hydrogen-bond acceptors (Lipinski definition) is 2. The van der Waals surface area contributed by atoms with Gasteiger partial charge in [-0.15, -0.1) is 0 Å². The summed E-state index contributed by atoms with van der Waals surface area (Å²) < 4.78 is 0. The Kier molecular flexibility index (Phi) is 3.55. The normalized spacial score (nSPS) is 20.7. The SMILES string of the molecule is CCC1CCN(Cc2ccc3c(c2)NCC3)CC1. The Morgan fingerprint density at radius 3 is 2.89 bits per heavy atom. The van der Waals surface area contributed by atoms with E-state index in [-0.39, 0.29) is 0 Å². The van der Waals surface area contributed by atoms with E-state index in [1.807, 2.05) is 0 Å². The van der Waals surface area contributed by atoms with Gasteiger partial charge in [-0.25, -0.2) is 0 Å².